The average molecular weight is 535 g/mol. The summed E-state index contributed by atoms with van der Waals surface area (Å²) in [6.45, 7) is -0.176. The first-order valence-corrected chi connectivity index (χ1v) is 13.7. The number of alkyl halides is 4. The standard InChI is InChI=1S/C27H36BrF5/c28-27(32,33)26-24(30)15-23(16-25(26)31)22-11-9-21(10-12-22)20-7-5-19(6-8-20)18-3-1-17(2-4-18)13-14-29/h15-22H,1-14H2. The van der Waals surface area contributed by atoms with E-state index in [2.05, 4.69) is 15.9 Å². The highest BCUT2D eigenvalue weighted by Gasteiger charge is 2.37. The predicted octanol–water partition coefficient (Wildman–Crippen LogP) is 9.66. The van der Waals surface area contributed by atoms with Gasteiger partial charge in [0, 0.05) is 0 Å². The van der Waals surface area contributed by atoms with Crippen molar-refractivity contribution in [3.63, 3.8) is 0 Å². The van der Waals surface area contributed by atoms with Gasteiger partial charge in [-0.05, 0) is 140 Å². The first-order chi connectivity index (χ1) is 15.8. The smallest absolute Gasteiger partial charge is 0.251 e. The quantitative estimate of drug-likeness (QED) is 0.251. The van der Waals surface area contributed by atoms with Crippen molar-refractivity contribution in [2.75, 3.05) is 6.67 Å². The molecule has 0 bridgehead atoms. The fraction of sp³-hybridized carbons (Fsp3) is 0.778. The number of hydrogen-bond acceptors (Lipinski definition) is 0. The highest BCUT2D eigenvalue weighted by molar-refractivity contribution is 9.09. The van der Waals surface area contributed by atoms with Crippen LogP contribution >= 0.6 is 15.9 Å². The molecule has 0 N–H and O–H groups in total. The summed E-state index contributed by atoms with van der Waals surface area (Å²) >= 11 is 2.07. The van der Waals surface area contributed by atoms with Crippen molar-refractivity contribution >= 4 is 15.9 Å². The van der Waals surface area contributed by atoms with E-state index < -0.39 is 22.0 Å². The number of rotatable bonds is 6. The van der Waals surface area contributed by atoms with E-state index in [-0.39, 0.29) is 12.6 Å². The largest absolute Gasteiger partial charge is 0.332 e. The number of halogens is 6. The summed E-state index contributed by atoms with van der Waals surface area (Å²) < 4.78 is 67.9. The Labute approximate surface area is 203 Å². The van der Waals surface area contributed by atoms with E-state index in [1.807, 2.05) is 0 Å². The van der Waals surface area contributed by atoms with Crippen LogP contribution in [-0.4, -0.2) is 6.67 Å². The molecule has 0 amide bonds. The minimum Gasteiger partial charge on any atom is -0.251 e. The zero-order chi connectivity index (χ0) is 23.6. The molecule has 0 aromatic heterocycles. The number of hydrogen-bond donors (Lipinski definition) is 0. The maximum atomic E-state index is 14.2. The summed E-state index contributed by atoms with van der Waals surface area (Å²) in [6, 6.07) is 2.21. The van der Waals surface area contributed by atoms with Crippen LogP contribution < -0.4 is 0 Å². The minimum atomic E-state index is -3.70. The fourth-order valence-electron chi connectivity index (χ4n) is 7.21. The molecule has 0 nitrogen and oxygen atoms in total. The van der Waals surface area contributed by atoms with Crippen molar-refractivity contribution in [3.8, 4) is 0 Å². The van der Waals surface area contributed by atoms with Crippen molar-refractivity contribution in [2.24, 2.45) is 29.6 Å². The van der Waals surface area contributed by atoms with E-state index in [4.69, 9.17) is 0 Å². The highest BCUT2D eigenvalue weighted by Crippen LogP contribution is 2.48. The molecule has 33 heavy (non-hydrogen) atoms. The van der Waals surface area contributed by atoms with Crippen LogP contribution in [0.3, 0.4) is 0 Å². The zero-order valence-corrected chi connectivity index (χ0v) is 20.9. The van der Waals surface area contributed by atoms with E-state index in [1.165, 1.54) is 51.4 Å². The molecule has 6 heteroatoms. The molecule has 1 aromatic rings. The Kier molecular flexibility index (Phi) is 8.44. The highest BCUT2D eigenvalue weighted by atomic mass is 79.9. The molecule has 1 aromatic carbocycles. The van der Waals surface area contributed by atoms with Crippen molar-refractivity contribution in [2.45, 2.75) is 94.2 Å². The van der Waals surface area contributed by atoms with Crippen LogP contribution in [0.15, 0.2) is 12.1 Å². The van der Waals surface area contributed by atoms with Gasteiger partial charge in [0.25, 0.3) is 0 Å². The van der Waals surface area contributed by atoms with Gasteiger partial charge in [-0.2, -0.15) is 8.78 Å². The minimum absolute atomic E-state index is 0.0408. The third kappa shape index (κ3) is 6.13. The maximum Gasteiger partial charge on any atom is 0.332 e. The predicted molar refractivity (Wildman–Crippen MR) is 125 cm³/mol. The molecule has 186 valence electrons. The topological polar surface area (TPSA) is 0 Å². The van der Waals surface area contributed by atoms with Gasteiger partial charge in [-0.3, -0.25) is 4.39 Å². The third-order valence-electron chi connectivity index (χ3n) is 9.15. The second kappa shape index (κ2) is 11.0. The van der Waals surface area contributed by atoms with Crippen LogP contribution in [0.2, 0.25) is 0 Å². The Morgan fingerprint density at radius 1 is 0.697 bits per heavy atom. The maximum absolute atomic E-state index is 14.2. The Morgan fingerprint density at radius 2 is 1.09 bits per heavy atom. The van der Waals surface area contributed by atoms with E-state index in [0.29, 0.717) is 17.4 Å². The van der Waals surface area contributed by atoms with Gasteiger partial charge in [0.05, 0.1) is 6.67 Å². The van der Waals surface area contributed by atoms with Gasteiger partial charge in [-0.15, -0.1) is 0 Å². The normalized spacial score (nSPS) is 33.8. The lowest BCUT2D eigenvalue weighted by atomic mass is 9.64. The summed E-state index contributed by atoms with van der Waals surface area (Å²) in [6.07, 6.45) is 14.7. The molecule has 0 heterocycles. The Morgan fingerprint density at radius 3 is 1.48 bits per heavy atom. The van der Waals surface area contributed by atoms with E-state index in [9.17, 15) is 22.0 Å². The summed E-state index contributed by atoms with van der Waals surface area (Å²) in [7, 11) is 0. The summed E-state index contributed by atoms with van der Waals surface area (Å²) in [5.74, 6) is 1.37. The van der Waals surface area contributed by atoms with Crippen molar-refractivity contribution < 1.29 is 22.0 Å². The summed E-state index contributed by atoms with van der Waals surface area (Å²) in [5.41, 5.74) is -0.691. The van der Waals surface area contributed by atoms with Crippen molar-refractivity contribution in [1.29, 1.82) is 0 Å². The molecular formula is C27H36BrF5. The van der Waals surface area contributed by atoms with Crippen LogP contribution in [0.4, 0.5) is 22.0 Å². The number of benzene rings is 1. The average Bonchev–Trinajstić information content (AvgIpc) is 2.79. The van der Waals surface area contributed by atoms with Crippen LogP contribution in [-0.2, 0) is 4.83 Å². The van der Waals surface area contributed by atoms with Gasteiger partial charge >= 0.3 is 4.83 Å². The Hall–Kier alpha value is -0.650. The molecule has 3 aliphatic carbocycles. The van der Waals surface area contributed by atoms with Gasteiger partial charge < -0.3 is 0 Å². The lowest BCUT2D eigenvalue weighted by molar-refractivity contribution is 0.104. The van der Waals surface area contributed by atoms with Gasteiger partial charge in [-0.1, -0.05) is 12.8 Å². The molecule has 3 fully saturated rings. The summed E-state index contributed by atoms with van der Waals surface area (Å²) in [5, 5.41) is 0. The van der Waals surface area contributed by atoms with E-state index in [0.717, 1.165) is 62.0 Å². The Bertz CT molecular complexity index is 744. The van der Waals surface area contributed by atoms with E-state index in [1.54, 1.807) is 0 Å². The zero-order valence-electron chi connectivity index (χ0n) is 19.3. The first kappa shape index (κ1) is 25.4. The lowest BCUT2D eigenvalue weighted by Crippen LogP contribution is -2.29. The molecule has 0 spiro atoms. The molecule has 0 unspecified atom stereocenters. The third-order valence-corrected chi connectivity index (χ3v) is 9.55. The molecule has 0 radical (unpaired) electrons. The van der Waals surface area contributed by atoms with Crippen molar-refractivity contribution in [3.05, 3.63) is 34.9 Å². The molecule has 0 atom stereocenters. The van der Waals surface area contributed by atoms with Crippen molar-refractivity contribution in [1.82, 2.24) is 0 Å². The molecule has 4 rings (SSSR count). The molecule has 0 saturated heterocycles. The monoisotopic (exact) mass is 534 g/mol. The summed E-state index contributed by atoms with van der Waals surface area (Å²) in [4.78, 5) is -3.70. The van der Waals surface area contributed by atoms with Crippen LogP contribution in [0.5, 0.6) is 0 Å². The molecule has 0 aliphatic heterocycles. The Balaban J connectivity index is 1.25. The molecule has 3 saturated carbocycles. The fourth-order valence-corrected chi connectivity index (χ4v) is 7.59. The van der Waals surface area contributed by atoms with Crippen LogP contribution in [0, 0.1) is 41.2 Å². The van der Waals surface area contributed by atoms with Gasteiger partial charge in [0.1, 0.15) is 17.2 Å². The van der Waals surface area contributed by atoms with Gasteiger partial charge in [0.15, 0.2) is 0 Å². The van der Waals surface area contributed by atoms with E-state index >= 15 is 0 Å². The molecular weight excluding hydrogens is 499 g/mol. The molecule has 3 aliphatic rings. The van der Waals surface area contributed by atoms with Gasteiger partial charge in [-0.25, -0.2) is 8.78 Å². The SMILES string of the molecule is FCCC1CCC(C2CCC(C3CCC(c4cc(F)c(C(F)(F)Br)c(F)c4)CC3)CC2)CC1. The van der Waals surface area contributed by atoms with Crippen LogP contribution in [0.25, 0.3) is 0 Å². The first-order valence-electron chi connectivity index (χ1n) is 12.9. The second-order valence-electron chi connectivity index (χ2n) is 10.9. The van der Waals surface area contributed by atoms with Gasteiger partial charge in [0.2, 0.25) is 0 Å². The second-order valence-corrected chi connectivity index (χ2v) is 11.9. The van der Waals surface area contributed by atoms with Crippen LogP contribution in [0.1, 0.15) is 101 Å². The lowest BCUT2D eigenvalue weighted by Gasteiger charge is -2.41.